The zero-order valence-electron chi connectivity index (χ0n) is 12.6. The van der Waals surface area contributed by atoms with E-state index < -0.39 is 0 Å². The van der Waals surface area contributed by atoms with Gasteiger partial charge in [-0.15, -0.1) is 10.2 Å². The Morgan fingerprint density at radius 2 is 2.10 bits per heavy atom. The number of aromatic nitrogens is 2. The maximum absolute atomic E-state index is 11.6. The molecule has 0 atom stereocenters. The van der Waals surface area contributed by atoms with Crippen molar-refractivity contribution in [2.24, 2.45) is 5.92 Å². The van der Waals surface area contributed by atoms with Crippen molar-refractivity contribution in [2.45, 2.75) is 39.5 Å². The zero-order valence-corrected chi connectivity index (χ0v) is 13.5. The number of esters is 1. The fourth-order valence-corrected chi connectivity index (χ4v) is 2.28. The van der Waals surface area contributed by atoms with Crippen LogP contribution in [-0.2, 0) is 16.0 Å². The average Bonchev–Trinajstić information content (AvgIpc) is 2.85. The summed E-state index contributed by atoms with van der Waals surface area (Å²) in [6.45, 7) is 4.84. The van der Waals surface area contributed by atoms with E-state index in [-0.39, 0.29) is 12.0 Å². The summed E-state index contributed by atoms with van der Waals surface area (Å²) in [7, 11) is 1.37. The molecule has 0 saturated heterocycles. The molecule has 118 valence electrons. The Morgan fingerprint density at radius 3 is 2.76 bits per heavy atom. The summed E-state index contributed by atoms with van der Waals surface area (Å²) >= 11 is 1.31. The first-order valence-corrected chi connectivity index (χ1v) is 7.77. The molecule has 0 saturated carbocycles. The monoisotopic (exact) mass is 314 g/mol. The summed E-state index contributed by atoms with van der Waals surface area (Å²) in [4.78, 5) is 22.6. The first-order valence-electron chi connectivity index (χ1n) is 6.95. The summed E-state index contributed by atoms with van der Waals surface area (Å²) in [6.07, 6.45) is 2.59. The van der Waals surface area contributed by atoms with Crippen molar-refractivity contribution in [3.05, 3.63) is 5.01 Å². The predicted molar refractivity (Wildman–Crippen MR) is 81.3 cm³/mol. The van der Waals surface area contributed by atoms with Crippen LogP contribution in [0, 0.1) is 5.92 Å². The van der Waals surface area contributed by atoms with E-state index in [9.17, 15) is 9.59 Å². The number of urea groups is 1. The van der Waals surface area contributed by atoms with E-state index in [0.717, 1.165) is 11.4 Å². The third kappa shape index (κ3) is 7.60. The van der Waals surface area contributed by atoms with Crippen LogP contribution in [-0.4, -0.2) is 35.9 Å². The summed E-state index contributed by atoms with van der Waals surface area (Å²) in [5, 5.41) is 14.5. The van der Waals surface area contributed by atoms with Gasteiger partial charge in [-0.05, 0) is 18.8 Å². The Kier molecular flexibility index (Phi) is 7.66. The number of hydrogen-bond donors (Lipinski definition) is 2. The van der Waals surface area contributed by atoms with Crippen molar-refractivity contribution >= 4 is 28.5 Å². The minimum absolute atomic E-state index is 0.234. The van der Waals surface area contributed by atoms with Crippen molar-refractivity contribution in [1.29, 1.82) is 0 Å². The van der Waals surface area contributed by atoms with Gasteiger partial charge in [0.2, 0.25) is 5.13 Å². The minimum atomic E-state index is -0.270. The molecule has 1 rings (SSSR count). The topological polar surface area (TPSA) is 93.2 Å². The Labute approximate surface area is 128 Å². The van der Waals surface area contributed by atoms with E-state index in [0.29, 0.717) is 36.9 Å². The molecular formula is C13H22N4O3S. The fourth-order valence-electron chi connectivity index (χ4n) is 1.51. The zero-order chi connectivity index (χ0) is 15.7. The number of rotatable bonds is 8. The molecule has 1 aromatic heterocycles. The van der Waals surface area contributed by atoms with Gasteiger partial charge < -0.3 is 10.1 Å². The van der Waals surface area contributed by atoms with Gasteiger partial charge in [-0.25, -0.2) is 4.79 Å². The van der Waals surface area contributed by atoms with Gasteiger partial charge in [0.25, 0.3) is 0 Å². The third-order valence-corrected chi connectivity index (χ3v) is 3.59. The standard InChI is InChI=1S/C13H22N4O3S/c1-9(2)7-8-14-12(19)15-13-17-16-10(21-13)5-4-6-11(18)20-3/h9H,4-8H2,1-3H3,(H2,14,15,17,19). The highest BCUT2D eigenvalue weighted by atomic mass is 32.1. The van der Waals surface area contributed by atoms with Gasteiger partial charge in [0, 0.05) is 19.4 Å². The lowest BCUT2D eigenvalue weighted by atomic mass is 10.1. The fraction of sp³-hybridized carbons (Fsp3) is 0.692. The van der Waals surface area contributed by atoms with Crippen molar-refractivity contribution < 1.29 is 14.3 Å². The Hall–Kier alpha value is -1.70. The van der Waals surface area contributed by atoms with E-state index >= 15 is 0 Å². The molecule has 21 heavy (non-hydrogen) atoms. The molecule has 0 aliphatic carbocycles. The second kappa shape index (κ2) is 9.28. The lowest BCUT2D eigenvalue weighted by Crippen LogP contribution is -2.30. The molecule has 2 N–H and O–H groups in total. The molecule has 8 heteroatoms. The number of amides is 2. The summed E-state index contributed by atoms with van der Waals surface area (Å²) in [6, 6.07) is -0.270. The number of hydrogen-bond acceptors (Lipinski definition) is 6. The van der Waals surface area contributed by atoms with Gasteiger partial charge in [-0.2, -0.15) is 0 Å². The minimum Gasteiger partial charge on any atom is -0.469 e. The maximum atomic E-state index is 11.6. The van der Waals surface area contributed by atoms with Crippen LogP contribution >= 0.6 is 11.3 Å². The number of carbonyl (C=O) groups is 2. The first kappa shape index (κ1) is 17.4. The van der Waals surface area contributed by atoms with E-state index in [1.54, 1.807) is 0 Å². The molecule has 1 heterocycles. The molecule has 0 aliphatic heterocycles. The number of nitrogens with one attached hydrogen (secondary N) is 2. The van der Waals surface area contributed by atoms with Crippen molar-refractivity contribution in [3.8, 4) is 0 Å². The molecule has 0 spiro atoms. The molecule has 0 fully saturated rings. The average molecular weight is 314 g/mol. The van der Waals surface area contributed by atoms with Crippen molar-refractivity contribution in [2.75, 3.05) is 19.0 Å². The van der Waals surface area contributed by atoms with Gasteiger partial charge >= 0.3 is 12.0 Å². The quantitative estimate of drug-likeness (QED) is 0.718. The van der Waals surface area contributed by atoms with Crippen LogP contribution in [0.2, 0.25) is 0 Å². The number of carbonyl (C=O) groups excluding carboxylic acids is 2. The number of nitrogens with zero attached hydrogens (tertiary/aromatic N) is 2. The van der Waals surface area contributed by atoms with Crippen LogP contribution in [0.15, 0.2) is 0 Å². The number of anilines is 1. The normalized spacial score (nSPS) is 10.5. The summed E-state index contributed by atoms with van der Waals surface area (Å²) in [5.74, 6) is 0.315. The molecule has 7 nitrogen and oxygen atoms in total. The molecule has 2 amide bonds. The molecule has 0 unspecified atom stereocenters. The molecular weight excluding hydrogens is 292 g/mol. The Morgan fingerprint density at radius 1 is 1.33 bits per heavy atom. The number of methoxy groups -OCH3 is 1. The highest BCUT2D eigenvalue weighted by Gasteiger charge is 2.09. The van der Waals surface area contributed by atoms with Crippen molar-refractivity contribution in [3.63, 3.8) is 0 Å². The lowest BCUT2D eigenvalue weighted by molar-refractivity contribution is -0.140. The van der Waals surface area contributed by atoms with Crippen LogP contribution < -0.4 is 10.6 Å². The smallest absolute Gasteiger partial charge is 0.321 e. The van der Waals surface area contributed by atoms with Gasteiger partial charge in [0.1, 0.15) is 5.01 Å². The third-order valence-electron chi connectivity index (χ3n) is 2.69. The molecule has 0 aromatic carbocycles. The second-order valence-corrected chi connectivity index (χ2v) is 6.06. The second-order valence-electron chi connectivity index (χ2n) is 4.99. The number of aryl methyl sites for hydroxylation is 1. The first-order chi connectivity index (χ1) is 10.0. The Bertz CT molecular complexity index is 462. The Balaban J connectivity index is 2.27. The summed E-state index contributed by atoms with van der Waals surface area (Å²) in [5.41, 5.74) is 0. The van der Waals surface area contributed by atoms with Crippen LogP contribution in [0.3, 0.4) is 0 Å². The van der Waals surface area contributed by atoms with Gasteiger partial charge in [-0.3, -0.25) is 10.1 Å². The molecule has 0 bridgehead atoms. The highest BCUT2D eigenvalue weighted by Crippen LogP contribution is 2.17. The van der Waals surface area contributed by atoms with Crippen LogP contribution in [0.1, 0.15) is 38.1 Å². The lowest BCUT2D eigenvalue weighted by Gasteiger charge is -2.06. The predicted octanol–water partition coefficient (Wildman–Crippen LogP) is 2.20. The van der Waals surface area contributed by atoms with E-state index in [2.05, 4.69) is 39.4 Å². The van der Waals surface area contributed by atoms with Crippen molar-refractivity contribution in [1.82, 2.24) is 15.5 Å². The van der Waals surface area contributed by atoms with Crippen LogP contribution in [0.4, 0.5) is 9.93 Å². The van der Waals surface area contributed by atoms with Crippen LogP contribution in [0.5, 0.6) is 0 Å². The van der Waals surface area contributed by atoms with E-state index in [4.69, 9.17) is 0 Å². The van der Waals surface area contributed by atoms with Gasteiger partial charge in [0.05, 0.1) is 7.11 Å². The summed E-state index contributed by atoms with van der Waals surface area (Å²) < 4.78 is 4.56. The number of ether oxygens (including phenoxy) is 1. The largest absolute Gasteiger partial charge is 0.469 e. The van der Waals surface area contributed by atoms with Gasteiger partial charge in [0.15, 0.2) is 0 Å². The van der Waals surface area contributed by atoms with E-state index in [1.807, 2.05) is 0 Å². The van der Waals surface area contributed by atoms with E-state index in [1.165, 1.54) is 18.4 Å². The SMILES string of the molecule is COC(=O)CCCc1nnc(NC(=O)NCCC(C)C)s1. The maximum Gasteiger partial charge on any atom is 0.321 e. The molecule has 0 aliphatic rings. The molecule has 0 radical (unpaired) electrons. The molecule has 1 aromatic rings. The van der Waals surface area contributed by atoms with Gasteiger partial charge in [-0.1, -0.05) is 25.2 Å². The van der Waals surface area contributed by atoms with Crippen LogP contribution in [0.25, 0.3) is 0 Å². The highest BCUT2D eigenvalue weighted by molar-refractivity contribution is 7.15.